The van der Waals surface area contributed by atoms with Crippen molar-refractivity contribution in [2.45, 2.75) is 0 Å². The van der Waals surface area contributed by atoms with E-state index in [1.807, 2.05) is 24.3 Å². The number of rotatable bonds is 3. The summed E-state index contributed by atoms with van der Waals surface area (Å²) in [5, 5.41) is 6.00. The van der Waals surface area contributed by atoms with E-state index in [4.69, 9.17) is 4.74 Å². The molecule has 2 N–H and O–H groups in total. The maximum absolute atomic E-state index is 14.6. The highest BCUT2D eigenvalue weighted by atomic mass is 79.9. The maximum Gasteiger partial charge on any atom is 0.323 e. The Morgan fingerprint density at radius 3 is 2.64 bits per heavy atom. The van der Waals surface area contributed by atoms with Crippen molar-refractivity contribution >= 4 is 50.1 Å². The molecule has 8 heteroatoms. The van der Waals surface area contributed by atoms with Gasteiger partial charge in [-0.25, -0.2) is 14.2 Å². The number of hydrogen-bond donors (Lipinski definition) is 2. The number of carbonyl (C=O) groups is 1. The first kappa shape index (κ1) is 18.6. The fraction of sp³-hybridized carbons (Fsp3) is 0.200. The molecule has 2 amide bonds. The van der Waals surface area contributed by atoms with Gasteiger partial charge >= 0.3 is 6.03 Å². The van der Waals surface area contributed by atoms with Crippen molar-refractivity contribution in [1.29, 1.82) is 0 Å². The quantitative estimate of drug-likeness (QED) is 0.618. The molecule has 1 fully saturated rings. The van der Waals surface area contributed by atoms with Gasteiger partial charge in [-0.3, -0.25) is 0 Å². The highest BCUT2D eigenvalue weighted by Gasteiger charge is 2.15. The molecule has 0 saturated carbocycles. The molecule has 2 aromatic carbocycles. The molecule has 1 aliphatic rings. The molecule has 0 atom stereocenters. The fourth-order valence-corrected chi connectivity index (χ4v) is 3.48. The van der Waals surface area contributed by atoms with E-state index in [9.17, 15) is 9.18 Å². The van der Waals surface area contributed by atoms with Crippen LogP contribution in [0.5, 0.6) is 0 Å². The number of aromatic nitrogens is 1. The van der Waals surface area contributed by atoms with Crippen molar-refractivity contribution < 1.29 is 13.9 Å². The van der Waals surface area contributed by atoms with Crippen molar-refractivity contribution in [2.75, 3.05) is 41.8 Å². The summed E-state index contributed by atoms with van der Waals surface area (Å²) in [7, 11) is 0. The molecule has 28 heavy (non-hydrogen) atoms. The Labute approximate surface area is 169 Å². The van der Waals surface area contributed by atoms with Crippen LogP contribution < -0.4 is 15.5 Å². The van der Waals surface area contributed by atoms with Gasteiger partial charge < -0.3 is 20.3 Å². The molecule has 1 aliphatic heterocycles. The molecule has 1 aromatic heterocycles. The Morgan fingerprint density at radius 2 is 1.86 bits per heavy atom. The van der Waals surface area contributed by atoms with Crippen LogP contribution in [0.4, 0.5) is 26.4 Å². The van der Waals surface area contributed by atoms with Crippen molar-refractivity contribution in [3.8, 4) is 0 Å². The molecule has 0 aliphatic carbocycles. The summed E-state index contributed by atoms with van der Waals surface area (Å²) < 4.78 is 20.8. The van der Waals surface area contributed by atoms with Crippen molar-refractivity contribution in [1.82, 2.24) is 4.98 Å². The minimum Gasteiger partial charge on any atom is -0.378 e. The van der Waals surface area contributed by atoms with Gasteiger partial charge in [-0.1, -0.05) is 22.0 Å². The van der Waals surface area contributed by atoms with E-state index in [1.54, 1.807) is 18.2 Å². The molecule has 3 aromatic rings. The zero-order valence-electron chi connectivity index (χ0n) is 14.9. The first-order chi connectivity index (χ1) is 13.6. The molecule has 0 unspecified atom stereocenters. The third kappa shape index (κ3) is 4.23. The van der Waals surface area contributed by atoms with Crippen LogP contribution >= 0.6 is 15.9 Å². The second-order valence-corrected chi connectivity index (χ2v) is 7.30. The average Bonchev–Trinajstić information content (AvgIpc) is 2.68. The van der Waals surface area contributed by atoms with E-state index in [2.05, 4.69) is 36.4 Å². The molecule has 1 saturated heterocycles. The molecular formula is C20H18BrFN4O2. The number of benzene rings is 2. The second kappa shape index (κ2) is 8.12. The van der Waals surface area contributed by atoms with Crippen molar-refractivity contribution in [3.05, 3.63) is 58.8 Å². The average molecular weight is 445 g/mol. The highest BCUT2D eigenvalue weighted by Crippen LogP contribution is 2.25. The molecule has 144 valence electrons. The van der Waals surface area contributed by atoms with Crippen LogP contribution in [0.1, 0.15) is 0 Å². The molecule has 4 rings (SSSR count). The number of nitrogens with zero attached hydrogens (tertiary/aromatic N) is 2. The van der Waals surface area contributed by atoms with Gasteiger partial charge in [-0.2, -0.15) is 0 Å². The summed E-state index contributed by atoms with van der Waals surface area (Å²) in [5.74, 6) is 0.244. The molecule has 6 nitrogen and oxygen atoms in total. The lowest BCUT2D eigenvalue weighted by Gasteiger charge is -2.28. The first-order valence-corrected chi connectivity index (χ1v) is 9.64. The van der Waals surface area contributed by atoms with Crippen molar-refractivity contribution in [2.24, 2.45) is 0 Å². The third-order valence-electron chi connectivity index (χ3n) is 4.41. The first-order valence-electron chi connectivity index (χ1n) is 8.85. The zero-order chi connectivity index (χ0) is 19.5. The Bertz CT molecular complexity index is 1020. The lowest BCUT2D eigenvalue weighted by Crippen LogP contribution is -2.36. The van der Waals surface area contributed by atoms with Gasteiger partial charge in [0.15, 0.2) is 5.82 Å². The van der Waals surface area contributed by atoms with Crippen LogP contribution in [0.3, 0.4) is 0 Å². The number of anilines is 3. The van der Waals surface area contributed by atoms with E-state index in [0.29, 0.717) is 30.0 Å². The molecule has 2 heterocycles. The minimum atomic E-state index is -0.481. The number of halogens is 2. The zero-order valence-corrected chi connectivity index (χ0v) is 16.5. The molecule has 0 radical (unpaired) electrons. The largest absolute Gasteiger partial charge is 0.378 e. The van der Waals surface area contributed by atoms with Crippen LogP contribution in [-0.4, -0.2) is 37.3 Å². The summed E-state index contributed by atoms with van der Waals surface area (Å²) in [5.41, 5.74) is 1.27. The topological polar surface area (TPSA) is 66.5 Å². The number of fused-ring (bicyclic) bond motifs is 1. The van der Waals surface area contributed by atoms with Crippen LogP contribution in [0.25, 0.3) is 10.9 Å². The monoisotopic (exact) mass is 444 g/mol. The molecular weight excluding hydrogens is 427 g/mol. The van der Waals surface area contributed by atoms with Gasteiger partial charge in [0.1, 0.15) is 11.3 Å². The Hall–Kier alpha value is -2.71. The third-order valence-corrected chi connectivity index (χ3v) is 4.90. The smallest absolute Gasteiger partial charge is 0.323 e. The lowest BCUT2D eigenvalue weighted by atomic mass is 10.2. The van der Waals surface area contributed by atoms with E-state index < -0.39 is 11.8 Å². The summed E-state index contributed by atoms with van der Waals surface area (Å²) in [4.78, 5) is 18.7. The molecule has 0 spiro atoms. The van der Waals surface area contributed by atoms with E-state index in [0.717, 1.165) is 23.4 Å². The number of pyridine rings is 1. The number of carbonyl (C=O) groups excluding carboxylic acids is 1. The van der Waals surface area contributed by atoms with Gasteiger partial charge in [-0.05, 0) is 42.5 Å². The van der Waals surface area contributed by atoms with E-state index >= 15 is 0 Å². The fourth-order valence-electron chi connectivity index (χ4n) is 3.08. The number of nitrogens with one attached hydrogen (secondary N) is 2. The standard InChI is InChI=1S/C20H18BrFN4O2/c21-14-2-1-3-15(11-14)23-20(27)24-16-10-13-4-5-18(25-19(13)17(22)12-16)26-6-8-28-9-7-26/h1-5,10-12H,6-9H2,(H2,23,24,27). The second-order valence-electron chi connectivity index (χ2n) is 6.39. The highest BCUT2D eigenvalue weighted by molar-refractivity contribution is 9.10. The number of urea groups is 1. The van der Waals surface area contributed by atoms with Gasteiger partial charge in [-0.15, -0.1) is 0 Å². The number of morpholine rings is 1. The summed E-state index contributed by atoms with van der Waals surface area (Å²) >= 11 is 3.35. The predicted molar refractivity (Wildman–Crippen MR) is 112 cm³/mol. The number of ether oxygens (including phenoxy) is 1. The summed E-state index contributed by atoms with van der Waals surface area (Å²) in [6, 6.07) is 13.4. The van der Waals surface area contributed by atoms with E-state index in [1.165, 1.54) is 6.07 Å². The van der Waals surface area contributed by atoms with Crippen molar-refractivity contribution in [3.63, 3.8) is 0 Å². The van der Waals surface area contributed by atoms with Gasteiger partial charge in [0, 0.05) is 34.3 Å². The maximum atomic E-state index is 14.6. The normalized spacial score (nSPS) is 14.1. The van der Waals surface area contributed by atoms with Gasteiger partial charge in [0.05, 0.1) is 13.2 Å². The summed E-state index contributed by atoms with van der Waals surface area (Å²) in [6.45, 7) is 2.74. The van der Waals surface area contributed by atoms with E-state index in [-0.39, 0.29) is 5.52 Å². The Kier molecular flexibility index (Phi) is 5.40. The van der Waals surface area contributed by atoms with Crippen LogP contribution in [0.2, 0.25) is 0 Å². The predicted octanol–water partition coefficient (Wildman–Crippen LogP) is 4.62. The number of hydrogen-bond acceptors (Lipinski definition) is 4. The van der Waals surface area contributed by atoms with Gasteiger partial charge in [0.2, 0.25) is 0 Å². The van der Waals surface area contributed by atoms with Crippen LogP contribution in [0, 0.1) is 5.82 Å². The van der Waals surface area contributed by atoms with Crippen LogP contribution in [-0.2, 0) is 4.74 Å². The Morgan fingerprint density at radius 1 is 1.07 bits per heavy atom. The number of amides is 2. The van der Waals surface area contributed by atoms with Crippen LogP contribution in [0.15, 0.2) is 53.0 Å². The molecule has 0 bridgehead atoms. The van der Waals surface area contributed by atoms with Gasteiger partial charge in [0.25, 0.3) is 0 Å². The Balaban J connectivity index is 1.52. The summed E-state index contributed by atoms with van der Waals surface area (Å²) in [6.07, 6.45) is 0. The minimum absolute atomic E-state index is 0.280. The SMILES string of the molecule is O=C(Nc1cccc(Br)c1)Nc1cc(F)c2nc(N3CCOCC3)ccc2c1. The lowest BCUT2D eigenvalue weighted by molar-refractivity contribution is 0.122.